The summed E-state index contributed by atoms with van der Waals surface area (Å²) >= 11 is 0. The van der Waals surface area contributed by atoms with Crippen molar-refractivity contribution in [2.45, 2.75) is 44.2 Å². The number of carbonyl (C=O) groups excluding carboxylic acids is 1. The van der Waals surface area contributed by atoms with E-state index in [0.717, 1.165) is 31.7 Å². The Bertz CT molecular complexity index is 954. The van der Waals surface area contributed by atoms with Gasteiger partial charge in [0.2, 0.25) is 5.56 Å². The monoisotopic (exact) mass is 358 g/mol. The molecule has 2 N–H and O–H groups in total. The maximum Gasteiger partial charge on any atom is 0.326 e. The highest BCUT2D eigenvalue weighted by Crippen LogP contribution is 2.40. The van der Waals surface area contributed by atoms with Gasteiger partial charge in [0.05, 0.1) is 5.56 Å². The van der Waals surface area contributed by atoms with Crippen molar-refractivity contribution in [1.82, 2.24) is 9.88 Å². The molecule has 1 saturated heterocycles. The predicted molar refractivity (Wildman–Crippen MR) is 92.5 cm³/mol. The maximum absolute atomic E-state index is 13.7. The Morgan fingerprint density at radius 3 is 2.73 bits per heavy atom. The van der Waals surface area contributed by atoms with Crippen molar-refractivity contribution in [2.24, 2.45) is 5.92 Å². The van der Waals surface area contributed by atoms with Gasteiger partial charge >= 0.3 is 5.97 Å². The van der Waals surface area contributed by atoms with Crippen LogP contribution in [0.5, 0.6) is 0 Å². The highest BCUT2D eigenvalue weighted by Gasteiger charge is 2.47. The van der Waals surface area contributed by atoms with E-state index in [9.17, 15) is 23.9 Å². The number of aliphatic carboxylic acids is 1. The maximum atomic E-state index is 13.7. The smallest absolute Gasteiger partial charge is 0.326 e. The van der Waals surface area contributed by atoms with Crippen LogP contribution in [0.25, 0.3) is 10.9 Å². The van der Waals surface area contributed by atoms with Gasteiger partial charge < -0.3 is 15.0 Å². The average Bonchev–Trinajstić information content (AvgIpc) is 3.00. The molecule has 7 heteroatoms. The summed E-state index contributed by atoms with van der Waals surface area (Å²) in [6, 6.07) is 3.91. The largest absolute Gasteiger partial charge is 0.480 e. The summed E-state index contributed by atoms with van der Waals surface area (Å²) in [4.78, 5) is 41.0. The number of carboxylic acids is 1. The molecule has 3 unspecified atom stereocenters. The molecule has 2 heterocycles. The molecule has 1 aromatic carbocycles. The normalized spacial score (nSPS) is 25.3. The number of nitrogens with one attached hydrogen (secondary N) is 1. The van der Waals surface area contributed by atoms with Crippen molar-refractivity contribution < 1.29 is 19.1 Å². The SMILES string of the molecule is O=C(O)C1CC2CCCCC2N1C(=O)c1cc(=O)[nH]c2ccc(F)cc12. The Kier molecular flexibility index (Phi) is 4.01. The molecule has 2 aliphatic rings. The molecule has 1 aromatic heterocycles. The van der Waals surface area contributed by atoms with Gasteiger partial charge in [-0.15, -0.1) is 0 Å². The van der Waals surface area contributed by atoms with Crippen molar-refractivity contribution in [3.63, 3.8) is 0 Å². The number of H-pyrrole nitrogens is 1. The average molecular weight is 358 g/mol. The van der Waals surface area contributed by atoms with Crippen LogP contribution in [0.3, 0.4) is 0 Å². The number of halogens is 1. The fourth-order valence-corrected chi connectivity index (χ4v) is 4.51. The Morgan fingerprint density at radius 2 is 1.96 bits per heavy atom. The molecule has 26 heavy (non-hydrogen) atoms. The Balaban J connectivity index is 1.83. The minimum atomic E-state index is -1.03. The zero-order chi connectivity index (χ0) is 18.4. The predicted octanol–water partition coefficient (Wildman–Crippen LogP) is 2.53. The van der Waals surface area contributed by atoms with Crippen molar-refractivity contribution in [1.29, 1.82) is 0 Å². The quantitative estimate of drug-likeness (QED) is 0.863. The van der Waals surface area contributed by atoms with Gasteiger partial charge in [-0.2, -0.15) is 0 Å². The molecule has 2 fully saturated rings. The van der Waals surface area contributed by atoms with E-state index in [1.165, 1.54) is 23.1 Å². The molecule has 3 atom stereocenters. The molecule has 1 saturated carbocycles. The van der Waals surface area contributed by atoms with Crippen LogP contribution in [0.4, 0.5) is 4.39 Å². The molecule has 136 valence electrons. The highest BCUT2D eigenvalue weighted by molar-refractivity contribution is 6.07. The first-order valence-electron chi connectivity index (χ1n) is 8.84. The molecular weight excluding hydrogens is 339 g/mol. The van der Waals surface area contributed by atoms with Gasteiger partial charge in [0, 0.05) is 23.0 Å². The van der Waals surface area contributed by atoms with E-state index in [2.05, 4.69) is 4.98 Å². The van der Waals surface area contributed by atoms with Crippen LogP contribution in [0.15, 0.2) is 29.1 Å². The fraction of sp³-hybridized carbons (Fsp3) is 0.421. The number of hydrogen-bond donors (Lipinski definition) is 2. The third-order valence-electron chi connectivity index (χ3n) is 5.64. The third kappa shape index (κ3) is 2.67. The Morgan fingerprint density at radius 1 is 1.19 bits per heavy atom. The summed E-state index contributed by atoms with van der Waals surface area (Å²) in [5.41, 5.74) is -0.0621. The first-order chi connectivity index (χ1) is 12.5. The highest BCUT2D eigenvalue weighted by atomic mass is 19.1. The second-order valence-electron chi connectivity index (χ2n) is 7.15. The van der Waals surface area contributed by atoms with E-state index >= 15 is 0 Å². The van der Waals surface area contributed by atoms with Gasteiger partial charge in [-0.05, 0) is 43.4 Å². The number of hydrogen-bond acceptors (Lipinski definition) is 3. The van der Waals surface area contributed by atoms with Crippen LogP contribution in [0.2, 0.25) is 0 Å². The number of fused-ring (bicyclic) bond motifs is 2. The first kappa shape index (κ1) is 16.8. The lowest BCUT2D eigenvalue weighted by Gasteiger charge is -2.33. The number of carboxylic acid groups (broad SMARTS) is 1. The van der Waals surface area contributed by atoms with Gasteiger partial charge in [0.15, 0.2) is 0 Å². The van der Waals surface area contributed by atoms with Gasteiger partial charge in [-0.25, -0.2) is 9.18 Å². The zero-order valence-corrected chi connectivity index (χ0v) is 14.1. The minimum absolute atomic E-state index is 0.0562. The van der Waals surface area contributed by atoms with Gasteiger partial charge in [-0.3, -0.25) is 9.59 Å². The van der Waals surface area contributed by atoms with E-state index in [1.807, 2.05) is 0 Å². The van der Waals surface area contributed by atoms with Gasteiger partial charge in [0.1, 0.15) is 11.9 Å². The molecule has 4 rings (SSSR count). The van der Waals surface area contributed by atoms with Gasteiger partial charge in [0.25, 0.3) is 5.91 Å². The number of carbonyl (C=O) groups is 2. The molecule has 6 nitrogen and oxygen atoms in total. The van der Waals surface area contributed by atoms with E-state index < -0.39 is 29.3 Å². The molecule has 1 aliphatic carbocycles. The fourth-order valence-electron chi connectivity index (χ4n) is 4.51. The zero-order valence-electron chi connectivity index (χ0n) is 14.1. The Labute approximate surface area is 148 Å². The van der Waals surface area contributed by atoms with E-state index in [-0.39, 0.29) is 22.9 Å². The van der Waals surface area contributed by atoms with E-state index in [1.54, 1.807) is 0 Å². The summed E-state index contributed by atoms with van der Waals surface area (Å²) in [6.45, 7) is 0. The second-order valence-corrected chi connectivity index (χ2v) is 7.15. The van der Waals surface area contributed by atoms with Crippen molar-refractivity contribution in [3.05, 3.63) is 46.0 Å². The van der Waals surface area contributed by atoms with Crippen molar-refractivity contribution in [3.8, 4) is 0 Å². The number of benzene rings is 1. The first-order valence-corrected chi connectivity index (χ1v) is 8.84. The summed E-state index contributed by atoms with van der Waals surface area (Å²) < 4.78 is 13.7. The molecule has 1 amide bonds. The van der Waals surface area contributed by atoms with Crippen LogP contribution in [-0.2, 0) is 4.79 Å². The molecule has 2 aromatic rings. The number of pyridine rings is 1. The molecule has 1 aliphatic heterocycles. The number of likely N-dealkylation sites (tertiary alicyclic amines) is 1. The van der Waals surface area contributed by atoms with Crippen LogP contribution < -0.4 is 5.56 Å². The summed E-state index contributed by atoms with van der Waals surface area (Å²) in [5, 5.41) is 9.91. The summed E-state index contributed by atoms with van der Waals surface area (Å²) in [7, 11) is 0. The number of aromatic amines is 1. The molecule has 0 bridgehead atoms. The number of nitrogens with zero attached hydrogens (tertiary/aromatic N) is 1. The lowest BCUT2D eigenvalue weighted by atomic mass is 9.84. The molecular formula is C19H19FN2O4. The topological polar surface area (TPSA) is 90.5 Å². The number of amides is 1. The van der Waals surface area contributed by atoms with E-state index in [0.29, 0.717) is 11.9 Å². The van der Waals surface area contributed by atoms with Crippen molar-refractivity contribution in [2.75, 3.05) is 0 Å². The summed E-state index contributed by atoms with van der Waals surface area (Å²) in [6.07, 6.45) is 4.08. The van der Waals surface area contributed by atoms with Crippen LogP contribution >= 0.6 is 0 Å². The lowest BCUT2D eigenvalue weighted by Crippen LogP contribution is -2.46. The minimum Gasteiger partial charge on any atom is -0.480 e. The van der Waals surface area contributed by atoms with Crippen LogP contribution in [0, 0.1) is 11.7 Å². The molecule has 0 radical (unpaired) electrons. The van der Waals surface area contributed by atoms with E-state index in [4.69, 9.17) is 0 Å². The van der Waals surface area contributed by atoms with Crippen LogP contribution in [0.1, 0.15) is 42.5 Å². The van der Waals surface area contributed by atoms with Gasteiger partial charge in [-0.1, -0.05) is 12.8 Å². The number of rotatable bonds is 2. The standard InChI is InChI=1S/C19H19FN2O4/c20-11-5-6-14-12(8-11)13(9-17(23)21-14)18(24)22-15-4-2-1-3-10(15)7-16(22)19(25)26/h5-6,8-10,15-16H,1-4,7H2,(H,21,23)(H,25,26). The van der Waals surface area contributed by atoms with Crippen molar-refractivity contribution >= 4 is 22.8 Å². The molecule has 0 spiro atoms. The Hall–Kier alpha value is -2.70. The second kappa shape index (κ2) is 6.23. The lowest BCUT2D eigenvalue weighted by molar-refractivity contribution is -0.141. The summed E-state index contributed by atoms with van der Waals surface area (Å²) in [5.74, 6) is -1.90. The number of aromatic nitrogens is 1. The third-order valence-corrected chi connectivity index (χ3v) is 5.64. The van der Waals surface area contributed by atoms with Crippen LogP contribution in [-0.4, -0.2) is 39.0 Å².